The molecule has 0 spiro atoms. The summed E-state index contributed by atoms with van der Waals surface area (Å²) < 4.78 is 6.38. The highest BCUT2D eigenvalue weighted by Crippen LogP contribution is 2.23. The molecule has 0 saturated carbocycles. The van der Waals surface area contributed by atoms with Gasteiger partial charge in [-0.2, -0.15) is 4.98 Å². The molecule has 0 bridgehead atoms. The van der Waals surface area contributed by atoms with Crippen LogP contribution in [0.4, 0.5) is 5.69 Å². The number of nitrogens with one attached hydrogen (secondary N) is 1. The summed E-state index contributed by atoms with van der Waals surface area (Å²) in [7, 11) is 0. The van der Waals surface area contributed by atoms with Crippen molar-refractivity contribution in [2.75, 3.05) is 18.4 Å². The first-order valence-corrected chi connectivity index (χ1v) is 10.6. The number of piperidine rings is 1. The zero-order valence-corrected chi connectivity index (χ0v) is 18.0. The summed E-state index contributed by atoms with van der Waals surface area (Å²) in [5.41, 5.74) is 1.65. The molecule has 1 amide bonds. The second-order valence-electron chi connectivity index (χ2n) is 7.07. The third kappa shape index (κ3) is 5.23. The fraction of sp³-hybridized carbons (Fsp3) is 0.286. The Bertz CT molecular complexity index is 984. The van der Waals surface area contributed by atoms with Crippen molar-refractivity contribution in [2.24, 2.45) is 5.92 Å². The number of aromatic nitrogens is 2. The van der Waals surface area contributed by atoms with Gasteiger partial charge in [0.25, 0.3) is 0 Å². The number of hydrogen-bond donors (Lipinski definition) is 1. The predicted octanol–water partition coefficient (Wildman–Crippen LogP) is 5.00. The van der Waals surface area contributed by atoms with Crippen molar-refractivity contribution < 1.29 is 9.32 Å². The summed E-state index contributed by atoms with van der Waals surface area (Å²) in [6.45, 7) is 2.20. The van der Waals surface area contributed by atoms with E-state index in [9.17, 15) is 4.79 Å². The van der Waals surface area contributed by atoms with Crippen LogP contribution in [0.1, 0.15) is 18.7 Å². The van der Waals surface area contributed by atoms with Gasteiger partial charge >= 0.3 is 0 Å². The molecular weight excluding hydrogens is 456 g/mol. The van der Waals surface area contributed by atoms with E-state index in [0.717, 1.165) is 41.7 Å². The maximum Gasteiger partial charge on any atom is 0.241 e. The van der Waals surface area contributed by atoms with E-state index in [1.807, 2.05) is 48.5 Å². The molecule has 150 valence electrons. The molecule has 1 aromatic heterocycles. The first kappa shape index (κ1) is 20.1. The highest BCUT2D eigenvalue weighted by molar-refractivity contribution is 9.10. The van der Waals surface area contributed by atoms with Gasteiger partial charge in [-0.1, -0.05) is 44.8 Å². The van der Waals surface area contributed by atoms with Crippen LogP contribution >= 0.6 is 27.5 Å². The van der Waals surface area contributed by atoms with Crippen LogP contribution in [0, 0.1) is 5.92 Å². The minimum absolute atomic E-state index is 0.0135. The molecule has 0 aliphatic carbocycles. The molecule has 4 rings (SSSR count). The Labute approximate surface area is 182 Å². The van der Waals surface area contributed by atoms with Crippen LogP contribution < -0.4 is 5.32 Å². The summed E-state index contributed by atoms with van der Waals surface area (Å²) in [6, 6.07) is 15.0. The Morgan fingerprint density at radius 3 is 2.69 bits per heavy atom. The first-order chi connectivity index (χ1) is 14.1. The normalized spacial score (nSPS) is 15.4. The van der Waals surface area contributed by atoms with E-state index in [0.29, 0.717) is 23.3 Å². The molecule has 29 heavy (non-hydrogen) atoms. The van der Waals surface area contributed by atoms with Gasteiger partial charge in [0, 0.05) is 26.7 Å². The van der Waals surface area contributed by atoms with Gasteiger partial charge in [0.1, 0.15) is 0 Å². The summed E-state index contributed by atoms with van der Waals surface area (Å²) in [5, 5.41) is 7.69. The van der Waals surface area contributed by atoms with Crippen molar-refractivity contribution >= 4 is 39.1 Å². The molecule has 2 aromatic carbocycles. The van der Waals surface area contributed by atoms with E-state index in [4.69, 9.17) is 16.1 Å². The van der Waals surface area contributed by atoms with Gasteiger partial charge in [0.05, 0.1) is 6.54 Å². The average Bonchev–Trinajstić information content (AvgIpc) is 3.19. The molecular formula is C21H20BrClN4O2. The van der Waals surface area contributed by atoms with E-state index >= 15 is 0 Å². The lowest BCUT2D eigenvalue weighted by molar-refractivity contribution is -0.121. The Morgan fingerprint density at radius 1 is 1.21 bits per heavy atom. The van der Waals surface area contributed by atoms with Crippen LogP contribution in [0.25, 0.3) is 11.4 Å². The molecule has 0 radical (unpaired) electrons. The van der Waals surface area contributed by atoms with Crippen molar-refractivity contribution in [3.8, 4) is 11.4 Å². The highest BCUT2D eigenvalue weighted by Gasteiger charge is 2.26. The number of carbonyl (C=O) groups excluding carboxylic acids is 1. The smallest absolute Gasteiger partial charge is 0.241 e. The minimum atomic E-state index is 0.0135. The topological polar surface area (TPSA) is 71.3 Å². The zero-order chi connectivity index (χ0) is 20.2. The number of carbonyl (C=O) groups is 1. The molecule has 0 unspecified atom stereocenters. The van der Waals surface area contributed by atoms with Crippen LogP contribution in [-0.2, 0) is 11.3 Å². The van der Waals surface area contributed by atoms with Gasteiger partial charge in [0.2, 0.25) is 17.6 Å². The second kappa shape index (κ2) is 9.07. The molecule has 0 atom stereocenters. The Balaban J connectivity index is 1.29. The van der Waals surface area contributed by atoms with Crippen LogP contribution in [-0.4, -0.2) is 34.0 Å². The fourth-order valence-corrected chi connectivity index (χ4v) is 3.84. The van der Waals surface area contributed by atoms with Gasteiger partial charge in [-0.3, -0.25) is 9.69 Å². The fourth-order valence-electron chi connectivity index (χ4n) is 3.39. The lowest BCUT2D eigenvalue weighted by atomic mass is 9.96. The molecule has 6 nitrogen and oxygen atoms in total. The van der Waals surface area contributed by atoms with Crippen molar-refractivity contribution in [1.82, 2.24) is 15.0 Å². The Kier molecular flexibility index (Phi) is 6.28. The number of nitrogens with zero attached hydrogens (tertiary/aromatic N) is 3. The quantitative estimate of drug-likeness (QED) is 0.562. The molecule has 1 aliphatic heterocycles. The highest BCUT2D eigenvalue weighted by atomic mass is 79.9. The third-order valence-corrected chi connectivity index (χ3v) is 5.74. The summed E-state index contributed by atoms with van der Waals surface area (Å²) >= 11 is 9.42. The van der Waals surface area contributed by atoms with E-state index in [1.54, 1.807) is 0 Å². The van der Waals surface area contributed by atoms with E-state index in [-0.39, 0.29) is 11.8 Å². The van der Waals surface area contributed by atoms with E-state index < -0.39 is 0 Å². The largest absolute Gasteiger partial charge is 0.338 e. The summed E-state index contributed by atoms with van der Waals surface area (Å²) in [4.78, 5) is 19.2. The van der Waals surface area contributed by atoms with Crippen LogP contribution in [0.2, 0.25) is 5.02 Å². The monoisotopic (exact) mass is 474 g/mol. The summed E-state index contributed by atoms with van der Waals surface area (Å²) in [6.07, 6.45) is 1.61. The number of likely N-dealkylation sites (tertiary alicyclic amines) is 1. The molecule has 2 heterocycles. The number of amides is 1. The second-order valence-corrected chi connectivity index (χ2v) is 8.42. The maximum atomic E-state index is 12.5. The molecule has 1 aliphatic rings. The van der Waals surface area contributed by atoms with Crippen molar-refractivity contribution in [3.05, 3.63) is 63.9 Å². The van der Waals surface area contributed by atoms with Crippen molar-refractivity contribution in [1.29, 1.82) is 0 Å². The third-order valence-electron chi connectivity index (χ3n) is 4.98. The van der Waals surface area contributed by atoms with Gasteiger partial charge in [-0.25, -0.2) is 0 Å². The number of benzene rings is 2. The number of halogens is 2. The minimum Gasteiger partial charge on any atom is -0.338 e. The van der Waals surface area contributed by atoms with Gasteiger partial charge < -0.3 is 9.84 Å². The van der Waals surface area contributed by atoms with Gasteiger partial charge in [-0.15, -0.1) is 0 Å². The van der Waals surface area contributed by atoms with E-state index in [2.05, 4.69) is 36.3 Å². The summed E-state index contributed by atoms with van der Waals surface area (Å²) in [5.74, 6) is 1.19. The van der Waals surface area contributed by atoms with Crippen molar-refractivity contribution in [2.45, 2.75) is 19.4 Å². The first-order valence-electron chi connectivity index (χ1n) is 9.44. The molecule has 3 aromatic rings. The van der Waals surface area contributed by atoms with Crippen LogP contribution in [0.5, 0.6) is 0 Å². The number of hydrogen-bond acceptors (Lipinski definition) is 5. The maximum absolute atomic E-state index is 12.5. The van der Waals surface area contributed by atoms with Crippen molar-refractivity contribution in [3.63, 3.8) is 0 Å². The van der Waals surface area contributed by atoms with Gasteiger partial charge in [-0.05, 0) is 62.3 Å². The zero-order valence-electron chi connectivity index (χ0n) is 15.6. The standard InChI is InChI=1S/C21H20BrClN4O2/c22-16-4-6-18(7-5-16)24-21(28)14-8-10-27(11-9-14)13-19-25-20(26-29-19)15-2-1-3-17(23)12-15/h1-7,12,14H,8-11,13H2,(H,24,28). The SMILES string of the molecule is O=C(Nc1ccc(Br)cc1)C1CCN(Cc2nc(-c3cccc(Cl)c3)no2)CC1. The number of anilines is 1. The van der Waals surface area contributed by atoms with E-state index in [1.165, 1.54) is 0 Å². The Morgan fingerprint density at radius 2 is 1.97 bits per heavy atom. The lowest BCUT2D eigenvalue weighted by Gasteiger charge is -2.30. The van der Waals surface area contributed by atoms with Gasteiger partial charge in [0.15, 0.2) is 0 Å². The molecule has 8 heteroatoms. The van der Waals surface area contributed by atoms with Crippen LogP contribution in [0.15, 0.2) is 57.5 Å². The predicted molar refractivity (Wildman–Crippen MR) is 116 cm³/mol. The average molecular weight is 476 g/mol. The molecule has 1 fully saturated rings. The molecule has 1 N–H and O–H groups in total. The number of rotatable bonds is 5. The Hall–Kier alpha value is -2.22. The van der Waals surface area contributed by atoms with Crippen LogP contribution in [0.3, 0.4) is 0 Å². The molecule has 1 saturated heterocycles. The lowest BCUT2D eigenvalue weighted by Crippen LogP contribution is -2.37.